The molecule has 0 aromatic heterocycles. The molecule has 0 aliphatic carbocycles. The minimum Gasteiger partial charge on any atom is -0.398 e. The highest BCUT2D eigenvalue weighted by Gasteiger charge is 2.15. The lowest BCUT2D eigenvalue weighted by Gasteiger charge is -2.18. The van der Waals surface area contributed by atoms with Gasteiger partial charge in [-0.05, 0) is 47.5 Å². The van der Waals surface area contributed by atoms with Gasteiger partial charge in [0.15, 0.2) is 0 Å². The number of nitrogen functional groups attached to an aromatic ring is 4. The molecule has 4 rings (SSSR count). The molecule has 0 atom stereocenters. The standard InChI is InChI=1S/C26H26N4/c1-16(17-10-12-25(29)21(14-17)19-6-2-4-8-23(19)27)18-11-13-26(30)22(15-18)20-7-3-5-9-24(20)28/h2-16H,27-30H2,1H3. The zero-order valence-electron chi connectivity index (χ0n) is 17.0. The SMILES string of the molecule is CC(c1ccc(N)c(-c2ccccc2N)c1)c1ccc(N)c(-c2ccccc2N)c1. The quantitative estimate of drug-likeness (QED) is 0.343. The molecule has 4 aromatic rings. The van der Waals surface area contributed by atoms with Crippen LogP contribution in [0, 0.1) is 0 Å². The Morgan fingerprint density at radius 1 is 0.467 bits per heavy atom. The van der Waals surface area contributed by atoms with Crippen LogP contribution in [0.25, 0.3) is 22.3 Å². The van der Waals surface area contributed by atoms with E-state index in [-0.39, 0.29) is 5.92 Å². The maximum atomic E-state index is 6.28. The monoisotopic (exact) mass is 394 g/mol. The minimum atomic E-state index is 0.138. The predicted octanol–water partition coefficient (Wildman–Crippen LogP) is 5.50. The van der Waals surface area contributed by atoms with Gasteiger partial charge in [0, 0.05) is 50.9 Å². The predicted molar refractivity (Wildman–Crippen MR) is 129 cm³/mol. The van der Waals surface area contributed by atoms with Crippen LogP contribution in [0.4, 0.5) is 22.7 Å². The third-order valence-corrected chi connectivity index (χ3v) is 5.66. The Balaban J connectivity index is 1.77. The molecular weight excluding hydrogens is 368 g/mol. The van der Waals surface area contributed by atoms with Gasteiger partial charge in [-0.1, -0.05) is 55.5 Å². The summed E-state index contributed by atoms with van der Waals surface area (Å²) >= 11 is 0. The number of hydrogen-bond donors (Lipinski definition) is 4. The summed E-state index contributed by atoms with van der Waals surface area (Å²) < 4.78 is 0. The smallest absolute Gasteiger partial charge is 0.0394 e. The third-order valence-electron chi connectivity index (χ3n) is 5.66. The highest BCUT2D eigenvalue weighted by Crippen LogP contribution is 2.37. The van der Waals surface area contributed by atoms with E-state index in [4.69, 9.17) is 22.9 Å². The molecule has 150 valence electrons. The number of nitrogens with two attached hydrogens (primary N) is 4. The Morgan fingerprint density at radius 2 is 0.833 bits per heavy atom. The van der Waals surface area contributed by atoms with E-state index < -0.39 is 0 Å². The molecule has 0 fully saturated rings. The van der Waals surface area contributed by atoms with Gasteiger partial charge in [-0.25, -0.2) is 0 Å². The molecule has 0 saturated carbocycles. The average Bonchev–Trinajstić information content (AvgIpc) is 2.75. The van der Waals surface area contributed by atoms with Crippen molar-refractivity contribution in [2.75, 3.05) is 22.9 Å². The van der Waals surface area contributed by atoms with Gasteiger partial charge >= 0.3 is 0 Å². The summed E-state index contributed by atoms with van der Waals surface area (Å²) in [6.45, 7) is 2.17. The van der Waals surface area contributed by atoms with Gasteiger partial charge in [0.2, 0.25) is 0 Å². The van der Waals surface area contributed by atoms with E-state index in [1.807, 2.05) is 60.7 Å². The summed E-state index contributed by atoms with van der Waals surface area (Å²) in [5, 5.41) is 0. The van der Waals surface area contributed by atoms with E-state index >= 15 is 0 Å². The molecule has 0 unspecified atom stereocenters. The zero-order chi connectivity index (χ0) is 21.3. The van der Waals surface area contributed by atoms with Gasteiger partial charge in [-0.3, -0.25) is 0 Å². The van der Waals surface area contributed by atoms with Crippen molar-refractivity contribution in [3.05, 3.63) is 96.1 Å². The average molecular weight is 395 g/mol. The van der Waals surface area contributed by atoms with Crippen LogP contribution in [0.2, 0.25) is 0 Å². The molecule has 0 amide bonds. The lowest BCUT2D eigenvalue weighted by molar-refractivity contribution is 0.924. The molecule has 8 N–H and O–H groups in total. The van der Waals surface area contributed by atoms with Crippen molar-refractivity contribution < 1.29 is 0 Å². The highest BCUT2D eigenvalue weighted by atomic mass is 14.6. The fourth-order valence-electron chi connectivity index (χ4n) is 3.83. The van der Waals surface area contributed by atoms with Crippen LogP contribution in [-0.4, -0.2) is 0 Å². The second-order valence-electron chi connectivity index (χ2n) is 7.59. The van der Waals surface area contributed by atoms with E-state index in [2.05, 4.69) is 31.2 Å². The van der Waals surface area contributed by atoms with Gasteiger partial charge in [-0.2, -0.15) is 0 Å². The highest BCUT2D eigenvalue weighted by molar-refractivity contribution is 5.86. The van der Waals surface area contributed by atoms with Crippen LogP contribution >= 0.6 is 0 Å². The summed E-state index contributed by atoms with van der Waals surface area (Å²) in [6, 6.07) is 27.8. The summed E-state index contributed by atoms with van der Waals surface area (Å²) in [6.07, 6.45) is 0. The Hall–Kier alpha value is -3.92. The van der Waals surface area contributed by atoms with Crippen LogP contribution in [0.1, 0.15) is 24.0 Å². The Kier molecular flexibility index (Phi) is 5.07. The van der Waals surface area contributed by atoms with Gasteiger partial charge in [0.05, 0.1) is 0 Å². The van der Waals surface area contributed by atoms with E-state index in [1.165, 1.54) is 0 Å². The Bertz CT molecular complexity index is 1120. The fraction of sp³-hybridized carbons (Fsp3) is 0.0769. The molecule has 30 heavy (non-hydrogen) atoms. The Morgan fingerprint density at radius 3 is 1.23 bits per heavy atom. The molecule has 0 radical (unpaired) electrons. The first kappa shape index (κ1) is 19.4. The number of rotatable bonds is 4. The molecule has 0 saturated heterocycles. The van der Waals surface area contributed by atoms with Gasteiger partial charge in [0.25, 0.3) is 0 Å². The number of anilines is 4. The summed E-state index contributed by atoms with van der Waals surface area (Å²) in [5.74, 6) is 0.138. The molecular formula is C26H26N4. The second-order valence-corrected chi connectivity index (χ2v) is 7.59. The third kappa shape index (κ3) is 3.55. The lowest BCUT2D eigenvalue weighted by atomic mass is 9.88. The molecule has 0 bridgehead atoms. The maximum Gasteiger partial charge on any atom is 0.0394 e. The van der Waals surface area contributed by atoms with Gasteiger partial charge in [-0.15, -0.1) is 0 Å². The van der Waals surface area contributed by atoms with Gasteiger partial charge in [0.1, 0.15) is 0 Å². The van der Waals surface area contributed by atoms with Gasteiger partial charge < -0.3 is 22.9 Å². The molecule has 4 heteroatoms. The first-order valence-corrected chi connectivity index (χ1v) is 9.94. The van der Waals surface area contributed by atoms with Crippen molar-refractivity contribution in [1.82, 2.24) is 0 Å². The maximum absolute atomic E-state index is 6.28. The van der Waals surface area contributed by atoms with Crippen LogP contribution in [0.3, 0.4) is 0 Å². The van der Waals surface area contributed by atoms with Crippen molar-refractivity contribution in [3.8, 4) is 22.3 Å². The number of benzene rings is 4. The fourth-order valence-corrected chi connectivity index (χ4v) is 3.83. The second kappa shape index (κ2) is 7.84. The van der Waals surface area contributed by atoms with E-state index in [0.717, 1.165) is 33.4 Å². The molecule has 4 nitrogen and oxygen atoms in total. The first-order valence-electron chi connectivity index (χ1n) is 9.94. The molecule has 0 heterocycles. The topological polar surface area (TPSA) is 104 Å². The van der Waals surface area contributed by atoms with Crippen LogP contribution in [0.15, 0.2) is 84.9 Å². The molecule has 4 aromatic carbocycles. The molecule has 0 spiro atoms. The number of hydrogen-bond acceptors (Lipinski definition) is 4. The zero-order valence-corrected chi connectivity index (χ0v) is 17.0. The van der Waals surface area contributed by atoms with Crippen molar-refractivity contribution in [1.29, 1.82) is 0 Å². The molecule has 0 aliphatic rings. The lowest BCUT2D eigenvalue weighted by Crippen LogP contribution is -2.01. The van der Waals surface area contributed by atoms with Crippen molar-refractivity contribution in [3.63, 3.8) is 0 Å². The normalized spacial score (nSPS) is 11.0. The first-order chi connectivity index (χ1) is 14.5. The van der Waals surface area contributed by atoms with Crippen molar-refractivity contribution in [2.45, 2.75) is 12.8 Å². The molecule has 0 aliphatic heterocycles. The van der Waals surface area contributed by atoms with Crippen molar-refractivity contribution in [2.24, 2.45) is 0 Å². The largest absolute Gasteiger partial charge is 0.398 e. The minimum absolute atomic E-state index is 0.138. The van der Waals surface area contributed by atoms with Crippen LogP contribution in [-0.2, 0) is 0 Å². The van der Waals surface area contributed by atoms with E-state index in [0.29, 0.717) is 22.7 Å². The van der Waals surface area contributed by atoms with E-state index in [1.54, 1.807) is 0 Å². The van der Waals surface area contributed by atoms with Crippen LogP contribution in [0.5, 0.6) is 0 Å². The summed E-state index contributed by atoms with van der Waals surface area (Å²) in [4.78, 5) is 0. The number of para-hydroxylation sites is 2. The van der Waals surface area contributed by atoms with E-state index in [9.17, 15) is 0 Å². The Labute approximate surface area is 177 Å². The summed E-state index contributed by atoms with van der Waals surface area (Å²) in [7, 11) is 0. The van der Waals surface area contributed by atoms with Crippen LogP contribution < -0.4 is 22.9 Å². The van der Waals surface area contributed by atoms with Crippen molar-refractivity contribution >= 4 is 22.7 Å². The summed E-state index contributed by atoms with van der Waals surface area (Å²) in [5.41, 5.74) is 33.9.